The molecule has 0 heterocycles. The highest BCUT2D eigenvalue weighted by Gasteiger charge is 2.27. The van der Waals surface area contributed by atoms with Crippen molar-refractivity contribution in [3.63, 3.8) is 0 Å². The Balaban J connectivity index is 2.52. The molecule has 1 saturated carbocycles. The van der Waals surface area contributed by atoms with E-state index in [4.69, 9.17) is 4.74 Å². The lowest BCUT2D eigenvalue weighted by Crippen LogP contribution is -2.51. The summed E-state index contributed by atoms with van der Waals surface area (Å²) in [6.07, 6.45) is 5.09. The SMILES string of the molecule is CCOC(=O)C(CN(C)C1CCC(C)CC1)NC(C)C. The molecule has 0 aromatic carbocycles. The third-order valence-corrected chi connectivity index (χ3v) is 4.18. The first-order valence-corrected chi connectivity index (χ1v) is 8.06. The Morgan fingerprint density at radius 1 is 1.30 bits per heavy atom. The maximum absolute atomic E-state index is 12.0. The highest BCUT2D eigenvalue weighted by Crippen LogP contribution is 2.26. The molecule has 1 unspecified atom stereocenters. The van der Waals surface area contributed by atoms with Crippen molar-refractivity contribution < 1.29 is 9.53 Å². The number of carbonyl (C=O) groups excluding carboxylic acids is 1. The van der Waals surface area contributed by atoms with Crippen LogP contribution in [0.15, 0.2) is 0 Å². The molecule has 1 atom stereocenters. The first kappa shape index (κ1) is 17.4. The molecule has 0 amide bonds. The van der Waals surface area contributed by atoms with E-state index in [0.29, 0.717) is 12.6 Å². The zero-order chi connectivity index (χ0) is 15.1. The number of hydrogen-bond donors (Lipinski definition) is 1. The van der Waals surface area contributed by atoms with E-state index in [1.807, 2.05) is 6.92 Å². The van der Waals surface area contributed by atoms with E-state index in [0.717, 1.165) is 12.5 Å². The van der Waals surface area contributed by atoms with Crippen molar-refractivity contribution in [2.75, 3.05) is 20.2 Å². The molecule has 118 valence electrons. The van der Waals surface area contributed by atoms with Gasteiger partial charge in [0.15, 0.2) is 0 Å². The van der Waals surface area contributed by atoms with Gasteiger partial charge in [0.05, 0.1) is 6.61 Å². The zero-order valence-electron chi connectivity index (χ0n) is 13.8. The zero-order valence-corrected chi connectivity index (χ0v) is 13.8. The van der Waals surface area contributed by atoms with E-state index in [1.54, 1.807) is 0 Å². The average Bonchev–Trinajstić information content (AvgIpc) is 2.38. The molecule has 0 aromatic heterocycles. The maximum Gasteiger partial charge on any atom is 0.324 e. The molecule has 0 spiro atoms. The summed E-state index contributed by atoms with van der Waals surface area (Å²) >= 11 is 0. The average molecular weight is 284 g/mol. The van der Waals surface area contributed by atoms with E-state index in [9.17, 15) is 4.79 Å². The van der Waals surface area contributed by atoms with Crippen LogP contribution in [-0.4, -0.2) is 49.2 Å². The van der Waals surface area contributed by atoms with Crippen LogP contribution >= 0.6 is 0 Å². The summed E-state index contributed by atoms with van der Waals surface area (Å²) in [5, 5.41) is 3.33. The fraction of sp³-hybridized carbons (Fsp3) is 0.938. The van der Waals surface area contributed by atoms with E-state index >= 15 is 0 Å². The molecule has 4 heteroatoms. The van der Waals surface area contributed by atoms with Crippen LogP contribution in [-0.2, 0) is 9.53 Å². The van der Waals surface area contributed by atoms with E-state index in [2.05, 4.69) is 38.0 Å². The van der Waals surface area contributed by atoms with E-state index in [1.165, 1.54) is 25.7 Å². The van der Waals surface area contributed by atoms with Crippen LogP contribution in [0.3, 0.4) is 0 Å². The van der Waals surface area contributed by atoms with Crippen LogP contribution in [0, 0.1) is 5.92 Å². The fourth-order valence-electron chi connectivity index (χ4n) is 2.96. The van der Waals surface area contributed by atoms with Crippen LogP contribution in [0.4, 0.5) is 0 Å². The van der Waals surface area contributed by atoms with Crippen molar-refractivity contribution >= 4 is 5.97 Å². The Bertz CT molecular complexity index is 286. The van der Waals surface area contributed by atoms with Gasteiger partial charge in [0, 0.05) is 18.6 Å². The van der Waals surface area contributed by atoms with Crippen molar-refractivity contribution in [2.45, 2.75) is 71.5 Å². The van der Waals surface area contributed by atoms with Gasteiger partial charge in [-0.1, -0.05) is 20.8 Å². The number of esters is 1. The summed E-state index contributed by atoms with van der Waals surface area (Å²) < 4.78 is 5.18. The van der Waals surface area contributed by atoms with Crippen molar-refractivity contribution in [1.29, 1.82) is 0 Å². The third kappa shape index (κ3) is 5.80. The number of hydrogen-bond acceptors (Lipinski definition) is 4. The highest BCUT2D eigenvalue weighted by atomic mass is 16.5. The van der Waals surface area contributed by atoms with Gasteiger partial charge in [-0.05, 0) is 45.6 Å². The molecule has 1 rings (SSSR count). The summed E-state index contributed by atoms with van der Waals surface area (Å²) in [5.41, 5.74) is 0. The first-order chi connectivity index (χ1) is 9.43. The molecule has 20 heavy (non-hydrogen) atoms. The Morgan fingerprint density at radius 3 is 2.40 bits per heavy atom. The van der Waals surface area contributed by atoms with Gasteiger partial charge in [-0.2, -0.15) is 0 Å². The second-order valence-electron chi connectivity index (χ2n) is 6.48. The van der Waals surface area contributed by atoms with Crippen molar-refractivity contribution in [3.8, 4) is 0 Å². The highest BCUT2D eigenvalue weighted by molar-refractivity contribution is 5.76. The first-order valence-electron chi connectivity index (χ1n) is 8.06. The Labute approximate surface area is 124 Å². The smallest absolute Gasteiger partial charge is 0.324 e. The number of nitrogens with zero attached hydrogens (tertiary/aromatic N) is 1. The van der Waals surface area contributed by atoms with Crippen LogP contribution in [0.2, 0.25) is 0 Å². The Morgan fingerprint density at radius 2 is 1.90 bits per heavy atom. The summed E-state index contributed by atoms with van der Waals surface area (Å²) in [6, 6.07) is 0.667. The van der Waals surface area contributed by atoms with Crippen molar-refractivity contribution in [1.82, 2.24) is 10.2 Å². The minimum absolute atomic E-state index is 0.128. The van der Waals surface area contributed by atoms with Gasteiger partial charge in [0.2, 0.25) is 0 Å². The number of nitrogens with one attached hydrogen (secondary N) is 1. The van der Waals surface area contributed by atoms with Crippen LogP contribution in [0.1, 0.15) is 53.4 Å². The lowest BCUT2D eigenvalue weighted by atomic mass is 9.86. The van der Waals surface area contributed by atoms with Gasteiger partial charge in [0.1, 0.15) is 6.04 Å². The van der Waals surface area contributed by atoms with E-state index < -0.39 is 0 Å². The molecule has 1 fully saturated rings. The monoisotopic (exact) mass is 284 g/mol. The molecule has 1 aliphatic rings. The topological polar surface area (TPSA) is 41.6 Å². The number of ether oxygens (including phenoxy) is 1. The molecule has 1 N–H and O–H groups in total. The van der Waals surface area contributed by atoms with Crippen LogP contribution in [0.5, 0.6) is 0 Å². The fourth-order valence-corrected chi connectivity index (χ4v) is 2.96. The van der Waals surface area contributed by atoms with Gasteiger partial charge >= 0.3 is 5.97 Å². The van der Waals surface area contributed by atoms with Crippen LogP contribution < -0.4 is 5.32 Å². The Kier molecular flexibility index (Phi) is 7.52. The van der Waals surface area contributed by atoms with Crippen molar-refractivity contribution in [3.05, 3.63) is 0 Å². The largest absolute Gasteiger partial charge is 0.465 e. The van der Waals surface area contributed by atoms with E-state index in [-0.39, 0.29) is 18.1 Å². The molecule has 1 aliphatic carbocycles. The maximum atomic E-state index is 12.0. The predicted octanol–water partition coefficient (Wildman–Crippen LogP) is 2.43. The molecule has 0 saturated heterocycles. The normalized spacial score (nSPS) is 24.9. The minimum atomic E-state index is -0.223. The summed E-state index contributed by atoms with van der Waals surface area (Å²) in [6.45, 7) is 9.49. The molecule has 0 bridgehead atoms. The standard InChI is InChI=1S/C16H32N2O2/c1-6-20-16(19)15(17-12(2)3)11-18(5)14-9-7-13(4)8-10-14/h12-15,17H,6-11H2,1-5H3. The molecular weight excluding hydrogens is 252 g/mol. The van der Waals surface area contributed by atoms with Gasteiger partial charge in [-0.15, -0.1) is 0 Å². The van der Waals surface area contributed by atoms with Gasteiger partial charge < -0.3 is 15.0 Å². The second kappa shape index (κ2) is 8.63. The molecular formula is C16H32N2O2. The Hall–Kier alpha value is -0.610. The van der Waals surface area contributed by atoms with Crippen molar-refractivity contribution in [2.24, 2.45) is 5.92 Å². The summed E-state index contributed by atoms with van der Waals surface area (Å²) in [5.74, 6) is 0.728. The minimum Gasteiger partial charge on any atom is -0.465 e. The quantitative estimate of drug-likeness (QED) is 0.729. The molecule has 0 aliphatic heterocycles. The lowest BCUT2D eigenvalue weighted by molar-refractivity contribution is -0.146. The lowest BCUT2D eigenvalue weighted by Gasteiger charge is -2.35. The molecule has 0 radical (unpaired) electrons. The number of carbonyl (C=O) groups is 1. The summed E-state index contributed by atoms with van der Waals surface area (Å²) in [7, 11) is 2.13. The second-order valence-corrected chi connectivity index (χ2v) is 6.48. The molecule has 0 aromatic rings. The summed E-state index contributed by atoms with van der Waals surface area (Å²) in [4.78, 5) is 14.4. The predicted molar refractivity (Wildman–Crippen MR) is 82.7 cm³/mol. The van der Waals surface area contributed by atoms with Gasteiger partial charge in [-0.25, -0.2) is 0 Å². The van der Waals surface area contributed by atoms with Gasteiger partial charge in [-0.3, -0.25) is 4.79 Å². The number of rotatable bonds is 7. The van der Waals surface area contributed by atoms with Crippen LogP contribution in [0.25, 0.3) is 0 Å². The van der Waals surface area contributed by atoms with Gasteiger partial charge in [0.25, 0.3) is 0 Å². The molecule has 4 nitrogen and oxygen atoms in total. The third-order valence-electron chi connectivity index (χ3n) is 4.18. The number of likely N-dealkylation sites (N-methyl/N-ethyl adjacent to an activating group) is 1.